The molecule has 2 heterocycles. The molecule has 2 N–H and O–H groups in total. The van der Waals surface area contributed by atoms with Crippen LogP contribution in [0.5, 0.6) is 0 Å². The number of amides is 2. The summed E-state index contributed by atoms with van der Waals surface area (Å²) in [5.74, 6) is 0.787. The average molecular weight is 453 g/mol. The molecular weight excluding hydrogens is 419 g/mol. The molecular formula is C23H34Cl2N4O. The number of fused-ring (bicyclic) bond motifs is 2. The number of urea groups is 1. The second-order valence-electron chi connectivity index (χ2n) is 9.13. The zero-order chi connectivity index (χ0) is 21.1. The molecule has 1 aliphatic carbocycles. The zero-order valence-electron chi connectivity index (χ0n) is 17.9. The van der Waals surface area contributed by atoms with Crippen LogP contribution < -0.4 is 15.5 Å². The van der Waals surface area contributed by atoms with E-state index in [1.54, 1.807) is 0 Å². The molecule has 3 aliphatic rings. The second-order valence-corrected chi connectivity index (χ2v) is 9.92. The van der Waals surface area contributed by atoms with Crippen molar-refractivity contribution in [3.05, 3.63) is 28.2 Å². The van der Waals surface area contributed by atoms with E-state index < -0.39 is 0 Å². The predicted molar refractivity (Wildman–Crippen MR) is 125 cm³/mol. The molecule has 1 saturated carbocycles. The first-order valence-electron chi connectivity index (χ1n) is 11.5. The maximum absolute atomic E-state index is 11.7. The van der Waals surface area contributed by atoms with Crippen molar-refractivity contribution in [3.8, 4) is 0 Å². The maximum Gasteiger partial charge on any atom is 0.314 e. The molecule has 2 saturated heterocycles. The van der Waals surface area contributed by atoms with Gasteiger partial charge in [-0.1, -0.05) is 29.3 Å². The highest BCUT2D eigenvalue weighted by Gasteiger charge is 2.40. The van der Waals surface area contributed by atoms with Crippen molar-refractivity contribution in [3.63, 3.8) is 0 Å². The zero-order valence-corrected chi connectivity index (χ0v) is 19.4. The van der Waals surface area contributed by atoms with Crippen molar-refractivity contribution >= 4 is 34.9 Å². The molecule has 5 nitrogen and oxygen atoms in total. The van der Waals surface area contributed by atoms with Gasteiger partial charge in [0.25, 0.3) is 0 Å². The molecule has 2 amide bonds. The Balaban J connectivity index is 1.24. The number of benzene rings is 1. The van der Waals surface area contributed by atoms with Gasteiger partial charge in [-0.25, -0.2) is 4.79 Å². The molecule has 0 spiro atoms. The minimum atomic E-state index is -0.0193. The predicted octanol–water partition coefficient (Wildman–Crippen LogP) is 4.91. The molecule has 2 atom stereocenters. The van der Waals surface area contributed by atoms with E-state index in [1.807, 2.05) is 19.1 Å². The van der Waals surface area contributed by atoms with Gasteiger partial charge in [0.1, 0.15) is 0 Å². The largest absolute Gasteiger partial charge is 0.362 e. The number of likely N-dealkylation sites (tertiary alicyclic amines) is 1. The summed E-state index contributed by atoms with van der Waals surface area (Å²) < 4.78 is 0. The Bertz CT molecular complexity index is 724. The standard InChI is InChI=1S/C23H34Cl2N4O/c1-2-26-23(30)27-17-8-6-16(7-9-17)12-13-28-14-18-10-11-19(15-28)29(18)21-5-3-4-20(24)22(21)25/h3-5,16-19H,2,6-15H2,1H3,(H2,26,27,30)/t16-,17-,18-,19+. The lowest BCUT2D eigenvalue weighted by atomic mass is 9.84. The van der Waals surface area contributed by atoms with Crippen molar-refractivity contribution in [2.45, 2.75) is 70.0 Å². The summed E-state index contributed by atoms with van der Waals surface area (Å²) in [5.41, 5.74) is 1.11. The molecule has 2 bridgehead atoms. The second kappa shape index (κ2) is 9.97. The number of nitrogens with zero attached hydrogens (tertiary/aromatic N) is 2. The van der Waals surface area contributed by atoms with Crippen LogP contribution in [0.15, 0.2) is 18.2 Å². The molecule has 0 radical (unpaired) electrons. The number of piperazine rings is 1. The van der Waals surface area contributed by atoms with Gasteiger partial charge in [0.05, 0.1) is 15.7 Å². The molecule has 1 aromatic rings. The summed E-state index contributed by atoms with van der Waals surface area (Å²) in [5, 5.41) is 7.28. The van der Waals surface area contributed by atoms with Gasteiger partial charge in [0, 0.05) is 37.8 Å². The fourth-order valence-corrected chi connectivity index (χ4v) is 6.01. The summed E-state index contributed by atoms with van der Waals surface area (Å²) in [4.78, 5) is 16.9. The van der Waals surface area contributed by atoms with E-state index in [0.29, 0.717) is 34.7 Å². The fraction of sp³-hybridized carbons (Fsp3) is 0.696. The minimum absolute atomic E-state index is 0.0193. The SMILES string of the molecule is CCNC(=O)N[C@H]1CC[C@H](CCN2C[C@H]3CC[C@@H](C2)N3c2cccc(Cl)c2Cl)CC1. The molecule has 2 aliphatic heterocycles. The maximum atomic E-state index is 11.7. The van der Waals surface area contributed by atoms with Crippen LogP contribution in [0.4, 0.5) is 10.5 Å². The number of hydrogen-bond acceptors (Lipinski definition) is 3. The summed E-state index contributed by atoms with van der Waals surface area (Å²) in [6.07, 6.45) is 8.40. The Kier molecular flexibility index (Phi) is 7.32. The van der Waals surface area contributed by atoms with Crippen molar-refractivity contribution in [2.24, 2.45) is 5.92 Å². The number of nitrogens with one attached hydrogen (secondary N) is 2. The van der Waals surface area contributed by atoms with Gasteiger partial charge in [-0.05, 0) is 76.5 Å². The van der Waals surface area contributed by atoms with Crippen LogP contribution >= 0.6 is 23.2 Å². The van der Waals surface area contributed by atoms with Crippen molar-refractivity contribution < 1.29 is 4.79 Å². The molecule has 1 aromatic carbocycles. The third-order valence-electron chi connectivity index (χ3n) is 7.14. The van der Waals surface area contributed by atoms with Crippen LogP contribution in [0.1, 0.15) is 51.9 Å². The monoisotopic (exact) mass is 452 g/mol. The Hall–Kier alpha value is -1.17. The lowest BCUT2D eigenvalue weighted by Crippen LogP contribution is -2.54. The normalized spacial score (nSPS) is 29.1. The summed E-state index contributed by atoms with van der Waals surface area (Å²) in [7, 11) is 0. The highest BCUT2D eigenvalue weighted by molar-refractivity contribution is 6.43. The van der Waals surface area contributed by atoms with E-state index in [-0.39, 0.29) is 6.03 Å². The quantitative estimate of drug-likeness (QED) is 0.643. The third-order valence-corrected chi connectivity index (χ3v) is 7.95. The number of rotatable bonds is 6. The van der Waals surface area contributed by atoms with E-state index in [0.717, 1.165) is 37.5 Å². The van der Waals surface area contributed by atoms with E-state index in [9.17, 15) is 4.79 Å². The molecule has 166 valence electrons. The number of halogens is 2. The molecule has 7 heteroatoms. The molecule has 30 heavy (non-hydrogen) atoms. The van der Waals surface area contributed by atoms with Crippen LogP contribution in [0, 0.1) is 5.92 Å². The number of hydrogen-bond donors (Lipinski definition) is 2. The molecule has 0 aromatic heterocycles. The first kappa shape index (κ1) is 22.0. The van der Waals surface area contributed by atoms with Gasteiger partial charge < -0.3 is 15.5 Å². The average Bonchev–Trinajstić information content (AvgIpc) is 2.99. The minimum Gasteiger partial charge on any atom is -0.362 e. The Morgan fingerprint density at radius 1 is 1.07 bits per heavy atom. The van der Waals surface area contributed by atoms with Crippen molar-refractivity contribution in [2.75, 3.05) is 31.1 Å². The number of carbonyl (C=O) groups is 1. The van der Waals surface area contributed by atoms with Crippen molar-refractivity contribution in [1.82, 2.24) is 15.5 Å². The van der Waals surface area contributed by atoms with Gasteiger partial charge in [0.15, 0.2) is 0 Å². The topological polar surface area (TPSA) is 47.6 Å². The fourth-order valence-electron chi connectivity index (χ4n) is 5.62. The van der Waals surface area contributed by atoms with Gasteiger partial charge in [-0.2, -0.15) is 0 Å². The first-order chi connectivity index (χ1) is 14.5. The van der Waals surface area contributed by atoms with Crippen molar-refractivity contribution in [1.29, 1.82) is 0 Å². The molecule has 0 unspecified atom stereocenters. The van der Waals surface area contributed by atoms with Crippen LogP contribution in [-0.4, -0.2) is 55.2 Å². The summed E-state index contributed by atoms with van der Waals surface area (Å²) in [6.45, 7) is 6.05. The summed E-state index contributed by atoms with van der Waals surface area (Å²) in [6, 6.07) is 7.39. The molecule has 4 rings (SSSR count). The van der Waals surface area contributed by atoms with Crippen LogP contribution in [0.2, 0.25) is 10.0 Å². The van der Waals surface area contributed by atoms with E-state index in [2.05, 4.69) is 26.5 Å². The number of carbonyl (C=O) groups excluding carboxylic acids is 1. The van der Waals surface area contributed by atoms with E-state index >= 15 is 0 Å². The Morgan fingerprint density at radius 3 is 2.43 bits per heavy atom. The Labute approximate surface area is 190 Å². The lowest BCUT2D eigenvalue weighted by molar-refractivity contribution is 0.187. The molecule has 3 fully saturated rings. The first-order valence-corrected chi connectivity index (χ1v) is 12.3. The smallest absolute Gasteiger partial charge is 0.314 e. The van der Waals surface area contributed by atoms with Gasteiger partial charge in [-0.3, -0.25) is 4.90 Å². The highest BCUT2D eigenvalue weighted by atomic mass is 35.5. The lowest BCUT2D eigenvalue weighted by Gasteiger charge is -2.43. The van der Waals surface area contributed by atoms with Gasteiger partial charge in [0.2, 0.25) is 0 Å². The van der Waals surface area contributed by atoms with Crippen LogP contribution in [0.3, 0.4) is 0 Å². The van der Waals surface area contributed by atoms with Gasteiger partial charge >= 0.3 is 6.03 Å². The summed E-state index contributed by atoms with van der Waals surface area (Å²) >= 11 is 12.8. The van der Waals surface area contributed by atoms with Crippen LogP contribution in [-0.2, 0) is 0 Å². The third kappa shape index (κ3) is 5.00. The number of anilines is 1. The van der Waals surface area contributed by atoms with E-state index in [1.165, 1.54) is 38.6 Å². The van der Waals surface area contributed by atoms with E-state index in [4.69, 9.17) is 23.2 Å². The van der Waals surface area contributed by atoms with Gasteiger partial charge in [-0.15, -0.1) is 0 Å². The van der Waals surface area contributed by atoms with Crippen LogP contribution in [0.25, 0.3) is 0 Å². The highest BCUT2D eigenvalue weighted by Crippen LogP contribution is 2.41. The Morgan fingerprint density at radius 2 is 1.77 bits per heavy atom.